The number of ether oxygens (including phenoxy) is 3. The Balaban J connectivity index is 1.52. The molecule has 2 atom stereocenters. The van der Waals surface area contributed by atoms with Crippen LogP contribution < -0.4 is 10.3 Å². The Morgan fingerprint density at radius 1 is 0.857 bits per heavy atom. The number of carbonyl (C=O) groups excluding carboxylic acids is 3. The highest BCUT2D eigenvalue weighted by molar-refractivity contribution is 5.95. The summed E-state index contributed by atoms with van der Waals surface area (Å²) in [5, 5.41) is 0. The van der Waals surface area contributed by atoms with Gasteiger partial charge in [-0.05, 0) is 29.8 Å². The molecule has 1 aliphatic heterocycles. The number of benzene rings is 3. The zero-order valence-electron chi connectivity index (χ0n) is 23.1. The molecule has 3 aromatic carbocycles. The first-order chi connectivity index (χ1) is 20.4. The predicted molar refractivity (Wildman–Crippen MR) is 152 cm³/mol. The van der Waals surface area contributed by atoms with Crippen LogP contribution >= 0.6 is 0 Å². The molecule has 0 radical (unpaired) electrons. The van der Waals surface area contributed by atoms with Crippen molar-refractivity contribution in [2.75, 3.05) is 13.7 Å². The summed E-state index contributed by atoms with van der Waals surface area (Å²) < 4.78 is 17.6. The van der Waals surface area contributed by atoms with Gasteiger partial charge in [-0.2, -0.15) is 0 Å². The maximum atomic E-state index is 13.7. The third kappa shape index (κ3) is 5.98. The highest BCUT2D eigenvalue weighted by Gasteiger charge is 2.40. The minimum absolute atomic E-state index is 0.134. The highest BCUT2D eigenvalue weighted by Crippen LogP contribution is 2.34. The van der Waals surface area contributed by atoms with Crippen molar-refractivity contribution in [3.8, 4) is 5.75 Å². The number of nitrogens with zero attached hydrogens (tertiary/aromatic N) is 3. The van der Waals surface area contributed by atoms with Gasteiger partial charge in [0.2, 0.25) is 5.75 Å². The summed E-state index contributed by atoms with van der Waals surface area (Å²) in [5.41, 5.74) is 0.391. The number of methoxy groups -OCH3 is 1. The fraction of sp³-hybridized carbons (Fsp3) is 0.219. The van der Waals surface area contributed by atoms with Crippen molar-refractivity contribution in [2.45, 2.75) is 25.2 Å². The van der Waals surface area contributed by atoms with Crippen molar-refractivity contribution >= 4 is 17.8 Å². The fourth-order valence-electron chi connectivity index (χ4n) is 4.87. The lowest BCUT2D eigenvalue weighted by Crippen LogP contribution is -2.37. The van der Waals surface area contributed by atoms with E-state index in [-0.39, 0.29) is 29.9 Å². The van der Waals surface area contributed by atoms with Gasteiger partial charge in [-0.15, -0.1) is 0 Å². The first-order valence-corrected chi connectivity index (χ1v) is 13.4. The molecular weight excluding hydrogens is 538 g/mol. The number of rotatable bonds is 8. The number of hydrogen-bond donors (Lipinski definition) is 0. The van der Waals surface area contributed by atoms with Gasteiger partial charge in [0.25, 0.3) is 11.5 Å². The third-order valence-corrected chi connectivity index (χ3v) is 7.04. The monoisotopic (exact) mass is 567 g/mol. The number of hydrogen-bond acceptors (Lipinski definition) is 8. The normalized spacial score (nSPS) is 16.2. The molecule has 0 spiro atoms. The summed E-state index contributed by atoms with van der Waals surface area (Å²) in [6.45, 7) is 0.569. The van der Waals surface area contributed by atoms with Crippen molar-refractivity contribution in [1.82, 2.24) is 14.5 Å². The molecule has 0 aliphatic carbocycles. The Labute approximate surface area is 242 Å². The van der Waals surface area contributed by atoms with E-state index < -0.39 is 35.0 Å². The zero-order chi connectivity index (χ0) is 29.6. The summed E-state index contributed by atoms with van der Waals surface area (Å²) in [7, 11) is 2.59. The van der Waals surface area contributed by atoms with Gasteiger partial charge in [0.15, 0.2) is 5.69 Å². The second kappa shape index (κ2) is 12.6. The van der Waals surface area contributed by atoms with Gasteiger partial charge in [-0.3, -0.25) is 14.2 Å². The highest BCUT2D eigenvalue weighted by atomic mass is 16.5. The lowest BCUT2D eigenvalue weighted by atomic mass is 10.1. The lowest BCUT2D eigenvalue weighted by molar-refractivity contribution is 0.0437. The van der Waals surface area contributed by atoms with Crippen LogP contribution in [0.2, 0.25) is 0 Å². The summed E-state index contributed by atoms with van der Waals surface area (Å²) in [6, 6.07) is 25.7. The smallest absolute Gasteiger partial charge is 0.360 e. The molecule has 2 heterocycles. The van der Waals surface area contributed by atoms with Gasteiger partial charge in [0, 0.05) is 25.6 Å². The van der Waals surface area contributed by atoms with Gasteiger partial charge < -0.3 is 19.1 Å². The van der Waals surface area contributed by atoms with Crippen molar-refractivity contribution in [1.29, 1.82) is 0 Å². The molecule has 0 saturated carbocycles. The van der Waals surface area contributed by atoms with Crippen LogP contribution in [0.3, 0.4) is 0 Å². The minimum Gasteiger partial charge on any atom is -0.464 e. The summed E-state index contributed by atoms with van der Waals surface area (Å²) in [4.78, 5) is 58.9. The Hall–Kier alpha value is -5.09. The van der Waals surface area contributed by atoms with Crippen LogP contribution in [0, 0.1) is 0 Å². The molecule has 1 aromatic heterocycles. The number of amides is 1. The summed E-state index contributed by atoms with van der Waals surface area (Å²) in [6.07, 6.45) is -0.0629. The first-order valence-electron chi connectivity index (χ1n) is 13.4. The standard InChI is InChI=1S/C32H29N3O7/c1-34-28(33-26(32(39)40-2)27(30(34)37)42-31(38)23-16-10-5-11-17-23)25-18-24(41-20-21-12-6-3-7-13-21)19-35(25)29(36)22-14-8-4-9-15-22/h3-17,24-25H,18-20H2,1-2H3/t24-,25+/m1/s1. The quantitative estimate of drug-likeness (QED) is 0.294. The van der Waals surface area contributed by atoms with Crippen molar-refractivity contribution in [3.63, 3.8) is 0 Å². The van der Waals surface area contributed by atoms with Crippen LogP contribution in [0.5, 0.6) is 5.75 Å². The molecule has 214 valence electrons. The molecule has 4 aromatic rings. The number of aromatic nitrogens is 2. The van der Waals surface area contributed by atoms with Crippen LogP contribution in [0.1, 0.15) is 55.1 Å². The van der Waals surface area contributed by atoms with Gasteiger partial charge >= 0.3 is 11.9 Å². The van der Waals surface area contributed by atoms with E-state index in [0.29, 0.717) is 18.6 Å². The van der Waals surface area contributed by atoms with E-state index >= 15 is 0 Å². The molecule has 1 fully saturated rings. The van der Waals surface area contributed by atoms with Crippen LogP contribution in [0.25, 0.3) is 0 Å². The van der Waals surface area contributed by atoms with Crippen LogP contribution in [0.4, 0.5) is 0 Å². The Kier molecular flexibility index (Phi) is 8.54. The molecule has 1 amide bonds. The van der Waals surface area contributed by atoms with Gasteiger partial charge in [-0.25, -0.2) is 14.6 Å². The Bertz CT molecular complexity index is 1640. The van der Waals surface area contributed by atoms with Gasteiger partial charge in [0.1, 0.15) is 5.82 Å². The van der Waals surface area contributed by atoms with Crippen LogP contribution in [-0.4, -0.2) is 52.1 Å². The van der Waals surface area contributed by atoms with Gasteiger partial charge in [0.05, 0.1) is 31.4 Å². The molecular formula is C32H29N3O7. The fourth-order valence-corrected chi connectivity index (χ4v) is 4.87. The van der Waals surface area contributed by atoms with Crippen LogP contribution in [0.15, 0.2) is 95.8 Å². The molecule has 0 bridgehead atoms. The van der Waals surface area contributed by atoms with E-state index in [1.165, 1.54) is 23.7 Å². The topological polar surface area (TPSA) is 117 Å². The molecule has 0 N–H and O–H groups in total. The average molecular weight is 568 g/mol. The molecule has 5 rings (SSSR count). The zero-order valence-corrected chi connectivity index (χ0v) is 23.1. The largest absolute Gasteiger partial charge is 0.464 e. The lowest BCUT2D eigenvalue weighted by Gasteiger charge is -2.26. The maximum Gasteiger partial charge on any atom is 0.360 e. The van der Waals surface area contributed by atoms with Crippen molar-refractivity contribution in [2.24, 2.45) is 7.05 Å². The molecule has 1 saturated heterocycles. The molecule has 10 nitrogen and oxygen atoms in total. The molecule has 10 heteroatoms. The van der Waals surface area contributed by atoms with E-state index in [2.05, 4.69) is 4.98 Å². The van der Waals surface area contributed by atoms with E-state index in [4.69, 9.17) is 14.2 Å². The summed E-state index contributed by atoms with van der Waals surface area (Å²) >= 11 is 0. The minimum atomic E-state index is -0.958. The van der Waals surface area contributed by atoms with Gasteiger partial charge in [-0.1, -0.05) is 66.7 Å². The van der Waals surface area contributed by atoms with Crippen molar-refractivity contribution in [3.05, 3.63) is 130 Å². The maximum absolute atomic E-state index is 13.7. The predicted octanol–water partition coefficient (Wildman–Crippen LogP) is 3.96. The van der Waals surface area contributed by atoms with Crippen molar-refractivity contribution < 1.29 is 28.6 Å². The second-order valence-corrected chi connectivity index (χ2v) is 9.75. The third-order valence-electron chi connectivity index (χ3n) is 7.04. The molecule has 0 unspecified atom stereocenters. The van der Waals surface area contributed by atoms with E-state index in [0.717, 1.165) is 12.7 Å². The second-order valence-electron chi connectivity index (χ2n) is 9.75. The van der Waals surface area contributed by atoms with Crippen LogP contribution in [-0.2, 0) is 23.1 Å². The van der Waals surface area contributed by atoms with E-state index in [1.54, 1.807) is 47.4 Å². The molecule has 1 aliphatic rings. The number of likely N-dealkylation sites (tertiary alicyclic amines) is 1. The Morgan fingerprint density at radius 3 is 2.07 bits per heavy atom. The SMILES string of the molecule is COC(=O)c1nc([C@@H]2C[C@@H](OCc3ccccc3)CN2C(=O)c2ccccc2)n(C)c(=O)c1OC(=O)c1ccccc1. The first kappa shape index (κ1) is 28.4. The number of carbonyl (C=O) groups is 3. The Morgan fingerprint density at radius 2 is 1.45 bits per heavy atom. The molecule has 42 heavy (non-hydrogen) atoms. The van der Waals surface area contributed by atoms with E-state index in [9.17, 15) is 19.2 Å². The van der Waals surface area contributed by atoms with E-state index in [1.807, 2.05) is 36.4 Å². The number of esters is 2. The average Bonchev–Trinajstić information content (AvgIpc) is 3.47. The summed E-state index contributed by atoms with van der Waals surface area (Å²) in [5.74, 6) is -2.49.